The number of carbonyl (C=O) groups is 1. The van der Waals surface area contributed by atoms with Gasteiger partial charge in [0.05, 0.1) is 6.04 Å². The molecule has 2 rings (SSSR count). The minimum atomic E-state index is 0.0425. The van der Waals surface area contributed by atoms with Gasteiger partial charge in [-0.05, 0) is 26.3 Å². The number of hydrogen-bond acceptors (Lipinski definition) is 3. The summed E-state index contributed by atoms with van der Waals surface area (Å²) in [5.41, 5.74) is 0. The second kappa shape index (κ2) is 7.41. The number of carbonyl (C=O) groups excluding carboxylic acids is 1. The topological polar surface area (TPSA) is 26.8 Å². The maximum atomic E-state index is 12.7. The molecule has 1 atom stereocenters. The van der Waals surface area contributed by atoms with Crippen LogP contribution in [0.4, 0.5) is 0 Å². The minimum Gasteiger partial charge on any atom is -0.341 e. The van der Waals surface area contributed by atoms with Crippen LogP contribution in [0, 0.1) is 0 Å². The average Bonchev–Trinajstić information content (AvgIpc) is 2.53. The molecule has 4 heteroatoms. The van der Waals surface area contributed by atoms with E-state index in [2.05, 4.69) is 23.6 Å². The third kappa shape index (κ3) is 3.73. The van der Waals surface area contributed by atoms with Crippen LogP contribution in [0.5, 0.6) is 0 Å². The summed E-state index contributed by atoms with van der Waals surface area (Å²) in [6.45, 7) is 9.67. The molecule has 0 aromatic carbocycles. The standard InChI is InChI=1S/C16H31N3O/c1-4-18-10-12-19(13-11-18)14(2)16(20)17(3)15-8-6-5-7-9-15/h14-15H,4-13H2,1-3H3. The highest BCUT2D eigenvalue weighted by Crippen LogP contribution is 2.22. The summed E-state index contributed by atoms with van der Waals surface area (Å²) < 4.78 is 0. The van der Waals surface area contributed by atoms with E-state index >= 15 is 0 Å². The van der Waals surface area contributed by atoms with Crippen LogP contribution in [0.3, 0.4) is 0 Å². The van der Waals surface area contributed by atoms with Crippen LogP contribution in [-0.2, 0) is 4.79 Å². The van der Waals surface area contributed by atoms with E-state index in [0.717, 1.165) is 32.7 Å². The summed E-state index contributed by atoms with van der Waals surface area (Å²) >= 11 is 0. The molecule has 20 heavy (non-hydrogen) atoms. The van der Waals surface area contributed by atoms with Gasteiger partial charge in [0, 0.05) is 39.3 Å². The van der Waals surface area contributed by atoms with E-state index in [-0.39, 0.29) is 6.04 Å². The lowest BCUT2D eigenvalue weighted by molar-refractivity contribution is -0.138. The van der Waals surface area contributed by atoms with Crippen molar-refractivity contribution < 1.29 is 4.79 Å². The largest absolute Gasteiger partial charge is 0.341 e. The molecule has 116 valence electrons. The van der Waals surface area contributed by atoms with Crippen molar-refractivity contribution >= 4 is 5.91 Å². The Morgan fingerprint density at radius 2 is 1.75 bits per heavy atom. The molecule has 1 saturated carbocycles. The van der Waals surface area contributed by atoms with Crippen molar-refractivity contribution in [3.05, 3.63) is 0 Å². The van der Waals surface area contributed by atoms with Gasteiger partial charge in [0.15, 0.2) is 0 Å². The average molecular weight is 281 g/mol. The van der Waals surface area contributed by atoms with E-state index in [1.54, 1.807) is 0 Å². The fourth-order valence-electron chi connectivity index (χ4n) is 3.57. The van der Waals surface area contributed by atoms with Crippen molar-refractivity contribution in [2.24, 2.45) is 0 Å². The Morgan fingerprint density at radius 3 is 2.30 bits per heavy atom. The van der Waals surface area contributed by atoms with Crippen molar-refractivity contribution in [1.82, 2.24) is 14.7 Å². The third-order valence-electron chi connectivity index (χ3n) is 5.23. The van der Waals surface area contributed by atoms with Crippen LogP contribution in [0.1, 0.15) is 46.0 Å². The van der Waals surface area contributed by atoms with Gasteiger partial charge < -0.3 is 9.80 Å². The van der Waals surface area contributed by atoms with Crippen LogP contribution in [0.2, 0.25) is 0 Å². The van der Waals surface area contributed by atoms with Crippen molar-refractivity contribution in [1.29, 1.82) is 0 Å². The van der Waals surface area contributed by atoms with Crippen molar-refractivity contribution in [2.45, 2.75) is 58.0 Å². The van der Waals surface area contributed by atoms with E-state index in [1.807, 2.05) is 11.9 Å². The fraction of sp³-hybridized carbons (Fsp3) is 0.938. The van der Waals surface area contributed by atoms with Gasteiger partial charge in [-0.1, -0.05) is 26.2 Å². The van der Waals surface area contributed by atoms with E-state index in [0.29, 0.717) is 11.9 Å². The van der Waals surface area contributed by atoms with Gasteiger partial charge in [-0.3, -0.25) is 9.69 Å². The maximum Gasteiger partial charge on any atom is 0.239 e. The summed E-state index contributed by atoms with van der Waals surface area (Å²) in [6.07, 6.45) is 6.29. The lowest BCUT2D eigenvalue weighted by Gasteiger charge is -2.40. The molecule has 0 bridgehead atoms. The summed E-state index contributed by atoms with van der Waals surface area (Å²) in [6, 6.07) is 0.525. The Kier molecular flexibility index (Phi) is 5.85. The zero-order valence-corrected chi connectivity index (χ0v) is 13.5. The first-order valence-corrected chi connectivity index (χ1v) is 8.36. The smallest absolute Gasteiger partial charge is 0.239 e. The Morgan fingerprint density at radius 1 is 1.15 bits per heavy atom. The van der Waals surface area contributed by atoms with Crippen LogP contribution < -0.4 is 0 Å². The molecule has 1 amide bonds. The molecule has 1 aliphatic carbocycles. The van der Waals surface area contributed by atoms with E-state index in [4.69, 9.17) is 0 Å². The Bertz CT molecular complexity index is 307. The Hall–Kier alpha value is -0.610. The second-order valence-corrected chi connectivity index (χ2v) is 6.39. The molecule has 0 N–H and O–H groups in total. The summed E-state index contributed by atoms with van der Waals surface area (Å²) in [5.74, 6) is 0.321. The zero-order valence-electron chi connectivity index (χ0n) is 13.5. The second-order valence-electron chi connectivity index (χ2n) is 6.39. The predicted molar refractivity (Wildman–Crippen MR) is 82.8 cm³/mol. The van der Waals surface area contributed by atoms with Crippen LogP contribution in [0.25, 0.3) is 0 Å². The van der Waals surface area contributed by atoms with Crippen molar-refractivity contribution in [2.75, 3.05) is 39.8 Å². The predicted octanol–water partition coefficient (Wildman–Crippen LogP) is 1.80. The van der Waals surface area contributed by atoms with Crippen LogP contribution >= 0.6 is 0 Å². The molecule has 0 aromatic heterocycles. The molecule has 1 heterocycles. The number of nitrogens with zero attached hydrogens (tertiary/aromatic N) is 3. The first-order chi connectivity index (χ1) is 9.63. The Labute approximate surface area is 124 Å². The Balaban J connectivity index is 1.84. The van der Waals surface area contributed by atoms with Crippen molar-refractivity contribution in [3.8, 4) is 0 Å². The van der Waals surface area contributed by atoms with E-state index in [9.17, 15) is 4.79 Å². The quantitative estimate of drug-likeness (QED) is 0.786. The van der Waals surface area contributed by atoms with Gasteiger partial charge in [-0.15, -0.1) is 0 Å². The first-order valence-electron chi connectivity index (χ1n) is 8.36. The lowest BCUT2D eigenvalue weighted by Crippen LogP contribution is -2.55. The molecule has 1 aliphatic heterocycles. The zero-order chi connectivity index (χ0) is 14.5. The molecule has 1 saturated heterocycles. The molecule has 1 unspecified atom stereocenters. The highest BCUT2D eigenvalue weighted by atomic mass is 16.2. The van der Waals surface area contributed by atoms with E-state index in [1.165, 1.54) is 32.1 Å². The maximum absolute atomic E-state index is 12.7. The number of piperazine rings is 1. The minimum absolute atomic E-state index is 0.0425. The highest BCUT2D eigenvalue weighted by molar-refractivity contribution is 5.81. The fourth-order valence-corrected chi connectivity index (χ4v) is 3.57. The van der Waals surface area contributed by atoms with Crippen molar-refractivity contribution in [3.63, 3.8) is 0 Å². The molecule has 4 nitrogen and oxygen atoms in total. The molecule has 2 fully saturated rings. The normalized spacial score (nSPS) is 24.6. The number of rotatable bonds is 4. The van der Waals surface area contributed by atoms with Gasteiger partial charge in [0.2, 0.25) is 5.91 Å². The van der Waals surface area contributed by atoms with E-state index < -0.39 is 0 Å². The molecule has 0 radical (unpaired) electrons. The SMILES string of the molecule is CCN1CCN(C(C)C(=O)N(C)C2CCCCC2)CC1. The van der Waals surface area contributed by atoms with Gasteiger partial charge in [0.25, 0.3) is 0 Å². The van der Waals surface area contributed by atoms with Gasteiger partial charge in [-0.25, -0.2) is 0 Å². The molecule has 2 aliphatic rings. The monoisotopic (exact) mass is 281 g/mol. The number of amides is 1. The third-order valence-corrected chi connectivity index (χ3v) is 5.23. The first kappa shape index (κ1) is 15.8. The molecular formula is C16H31N3O. The van der Waals surface area contributed by atoms with Gasteiger partial charge in [-0.2, -0.15) is 0 Å². The van der Waals surface area contributed by atoms with Crippen LogP contribution in [0.15, 0.2) is 0 Å². The summed E-state index contributed by atoms with van der Waals surface area (Å²) in [4.78, 5) is 19.5. The molecule has 0 aromatic rings. The summed E-state index contributed by atoms with van der Waals surface area (Å²) in [5, 5.41) is 0. The van der Waals surface area contributed by atoms with Crippen LogP contribution in [-0.4, -0.2) is 72.5 Å². The highest BCUT2D eigenvalue weighted by Gasteiger charge is 2.30. The number of hydrogen-bond donors (Lipinski definition) is 0. The van der Waals surface area contributed by atoms with Gasteiger partial charge in [0.1, 0.15) is 0 Å². The van der Waals surface area contributed by atoms with Gasteiger partial charge >= 0.3 is 0 Å². The number of likely N-dealkylation sites (N-methyl/N-ethyl adjacent to an activating group) is 2. The lowest BCUT2D eigenvalue weighted by atomic mass is 9.94. The molecule has 0 spiro atoms. The molecular weight excluding hydrogens is 250 g/mol. The summed E-state index contributed by atoms with van der Waals surface area (Å²) in [7, 11) is 2.01.